The number of pyridine rings is 1. The zero-order valence-corrected chi connectivity index (χ0v) is 14.4. The van der Waals surface area contributed by atoms with Crippen LogP contribution >= 0.6 is 0 Å². The van der Waals surface area contributed by atoms with Crippen molar-refractivity contribution in [3.8, 4) is 17.7 Å². The first-order valence-electron chi connectivity index (χ1n) is 7.55. The topological polar surface area (TPSA) is 42.4 Å². The Bertz CT molecular complexity index is 831. The Kier molecular flexibility index (Phi) is 5.38. The molecule has 0 atom stereocenters. The van der Waals surface area contributed by atoms with Crippen molar-refractivity contribution in [2.45, 2.75) is 26.3 Å². The highest BCUT2D eigenvalue weighted by Gasteiger charge is 2.25. The van der Waals surface area contributed by atoms with E-state index in [4.69, 9.17) is 4.74 Å². The maximum absolute atomic E-state index is 14.1. The summed E-state index contributed by atoms with van der Waals surface area (Å²) in [5.74, 6) is 3.94. The molecule has 0 radical (unpaired) electrons. The monoisotopic (exact) mass is 344 g/mol. The predicted octanol–water partition coefficient (Wildman–Crippen LogP) is 3.99. The van der Waals surface area contributed by atoms with Crippen molar-refractivity contribution >= 4 is 6.09 Å². The Balaban J connectivity index is 2.13. The third-order valence-corrected chi connectivity index (χ3v) is 3.47. The minimum atomic E-state index is -0.790. The number of carbonyl (C=O) groups is 1. The summed E-state index contributed by atoms with van der Waals surface area (Å²) in [5.41, 5.74) is 0.434. The largest absolute Gasteiger partial charge is 0.416 e. The average Bonchev–Trinajstić information content (AvgIpc) is 2.55. The number of aromatic nitrogens is 1. The highest BCUT2D eigenvalue weighted by atomic mass is 19.1. The molecule has 6 heteroatoms. The van der Waals surface area contributed by atoms with Crippen LogP contribution in [-0.4, -0.2) is 28.6 Å². The summed E-state index contributed by atoms with van der Waals surface area (Å²) in [6.07, 6.45) is 0.600. The van der Waals surface area contributed by atoms with Crippen LogP contribution < -0.4 is 4.74 Å². The van der Waals surface area contributed by atoms with Gasteiger partial charge in [-0.1, -0.05) is 11.8 Å². The zero-order valence-electron chi connectivity index (χ0n) is 14.4. The van der Waals surface area contributed by atoms with Crippen molar-refractivity contribution < 1.29 is 18.3 Å². The summed E-state index contributed by atoms with van der Waals surface area (Å²) < 4.78 is 31.9. The van der Waals surface area contributed by atoms with Crippen molar-refractivity contribution in [3.05, 3.63) is 59.3 Å². The van der Waals surface area contributed by atoms with Crippen LogP contribution in [0.25, 0.3) is 0 Å². The molecule has 0 bridgehead atoms. The molecule has 0 saturated carbocycles. The second-order valence-electron chi connectivity index (χ2n) is 6.37. The summed E-state index contributed by atoms with van der Waals surface area (Å²) in [5, 5.41) is 0. The molecule has 0 N–H and O–H groups in total. The SMILES string of the molecule is CN(C(=O)Oc1ncc(C#Cc2ccc(F)cc2)cc1F)C(C)(C)C. The fourth-order valence-corrected chi connectivity index (χ4v) is 1.67. The standard InChI is InChI=1S/C19H18F2N2O2/c1-19(2,3)23(4)18(24)25-17-16(21)11-14(12-22-17)6-5-13-7-9-15(20)10-8-13/h7-12H,1-4H3. The summed E-state index contributed by atoms with van der Waals surface area (Å²) in [7, 11) is 1.56. The molecule has 130 valence electrons. The smallest absolute Gasteiger partial charge is 0.388 e. The van der Waals surface area contributed by atoms with Gasteiger partial charge in [-0.05, 0) is 51.1 Å². The molecule has 1 amide bonds. The maximum Gasteiger partial charge on any atom is 0.416 e. The van der Waals surface area contributed by atoms with Gasteiger partial charge < -0.3 is 9.64 Å². The first-order valence-corrected chi connectivity index (χ1v) is 7.55. The summed E-state index contributed by atoms with van der Waals surface area (Å²) in [6.45, 7) is 5.48. The van der Waals surface area contributed by atoms with E-state index in [1.807, 2.05) is 20.8 Å². The number of amides is 1. The summed E-state index contributed by atoms with van der Waals surface area (Å²) >= 11 is 0. The lowest BCUT2D eigenvalue weighted by Crippen LogP contribution is -2.44. The minimum absolute atomic E-state index is 0.311. The fraction of sp³-hybridized carbons (Fsp3) is 0.263. The van der Waals surface area contributed by atoms with E-state index in [-0.39, 0.29) is 5.82 Å². The van der Waals surface area contributed by atoms with Gasteiger partial charge in [-0.2, -0.15) is 0 Å². The molecule has 0 aliphatic carbocycles. The van der Waals surface area contributed by atoms with E-state index < -0.39 is 23.3 Å². The van der Waals surface area contributed by atoms with Gasteiger partial charge in [0.1, 0.15) is 5.82 Å². The van der Waals surface area contributed by atoms with Crippen LogP contribution in [0.2, 0.25) is 0 Å². The second-order valence-corrected chi connectivity index (χ2v) is 6.37. The van der Waals surface area contributed by atoms with E-state index in [9.17, 15) is 13.6 Å². The minimum Gasteiger partial charge on any atom is -0.388 e. The lowest BCUT2D eigenvalue weighted by molar-refractivity contribution is 0.121. The average molecular weight is 344 g/mol. The molecule has 0 spiro atoms. The maximum atomic E-state index is 14.1. The van der Waals surface area contributed by atoms with Gasteiger partial charge in [-0.25, -0.2) is 18.6 Å². The van der Waals surface area contributed by atoms with Gasteiger partial charge in [-0.15, -0.1) is 0 Å². The zero-order chi connectivity index (χ0) is 18.6. The summed E-state index contributed by atoms with van der Waals surface area (Å²) in [4.78, 5) is 17.1. The van der Waals surface area contributed by atoms with Crippen molar-refractivity contribution in [2.24, 2.45) is 0 Å². The molecule has 4 nitrogen and oxygen atoms in total. The third-order valence-electron chi connectivity index (χ3n) is 3.47. The summed E-state index contributed by atoms with van der Waals surface area (Å²) in [6, 6.07) is 6.74. The van der Waals surface area contributed by atoms with E-state index >= 15 is 0 Å². The van der Waals surface area contributed by atoms with Crippen molar-refractivity contribution in [1.29, 1.82) is 0 Å². The highest BCUT2D eigenvalue weighted by molar-refractivity contribution is 5.70. The van der Waals surface area contributed by atoms with Crippen LogP contribution in [0.15, 0.2) is 36.5 Å². The van der Waals surface area contributed by atoms with Gasteiger partial charge in [0, 0.05) is 29.9 Å². The Morgan fingerprint density at radius 1 is 1.12 bits per heavy atom. The molecular weight excluding hydrogens is 326 g/mol. The van der Waals surface area contributed by atoms with E-state index in [2.05, 4.69) is 16.8 Å². The normalized spacial score (nSPS) is 10.6. The number of benzene rings is 1. The van der Waals surface area contributed by atoms with Crippen molar-refractivity contribution in [3.63, 3.8) is 0 Å². The predicted molar refractivity (Wildman–Crippen MR) is 90.1 cm³/mol. The van der Waals surface area contributed by atoms with Crippen molar-refractivity contribution in [1.82, 2.24) is 9.88 Å². The molecule has 0 fully saturated rings. The van der Waals surface area contributed by atoms with Crippen LogP contribution in [0.1, 0.15) is 31.9 Å². The molecule has 0 aliphatic heterocycles. The van der Waals surface area contributed by atoms with E-state index in [1.165, 1.54) is 35.4 Å². The molecule has 0 saturated heterocycles. The van der Waals surface area contributed by atoms with Crippen LogP contribution in [0.4, 0.5) is 13.6 Å². The van der Waals surface area contributed by atoms with Crippen LogP contribution in [-0.2, 0) is 0 Å². The number of hydrogen-bond donors (Lipinski definition) is 0. The van der Waals surface area contributed by atoms with E-state index in [1.54, 1.807) is 7.05 Å². The van der Waals surface area contributed by atoms with Gasteiger partial charge in [0.25, 0.3) is 5.88 Å². The lowest BCUT2D eigenvalue weighted by atomic mass is 10.1. The van der Waals surface area contributed by atoms with Gasteiger partial charge in [0.2, 0.25) is 0 Å². The molecule has 1 aromatic heterocycles. The lowest BCUT2D eigenvalue weighted by Gasteiger charge is -2.30. The number of rotatable bonds is 1. The van der Waals surface area contributed by atoms with Gasteiger partial charge in [-0.3, -0.25) is 0 Å². The fourth-order valence-electron chi connectivity index (χ4n) is 1.67. The molecular formula is C19H18F2N2O2. The molecule has 1 heterocycles. The molecule has 25 heavy (non-hydrogen) atoms. The Labute approximate surface area is 145 Å². The van der Waals surface area contributed by atoms with E-state index in [0.717, 1.165) is 6.07 Å². The Morgan fingerprint density at radius 2 is 1.72 bits per heavy atom. The van der Waals surface area contributed by atoms with E-state index in [0.29, 0.717) is 11.1 Å². The Morgan fingerprint density at radius 3 is 2.28 bits per heavy atom. The number of ether oxygens (including phenoxy) is 1. The van der Waals surface area contributed by atoms with Gasteiger partial charge in [0.05, 0.1) is 0 Å². The highest BCUT2D eigenvalue weighted by Crippen LogP contribution is 2.18. The molecule has 0 unspecified atom stereocenters. The third kappa shape index (κ3) is 5.01. The molecule has 2 rings (SSSR count). The molecule has 2 aromatic rings. The quantitative estimate of drug-likeness (QED) is 0.735. The van der Waals surface area contributed by atoms with Gasteiger partial charge >= 0.3 is 6.09 Å². The number of carbonyl (C=O) groups excluding carboxylic acids is 1. The number of nitrogens with zero attached hydrogens (tertiary/aromatic N) is 2. The van der Waals surface area contributed by atoms with Crippen LogP contribution in [0, 0.1) is 23.5 Å². The first-order chi connectivity index (χ1) is 11.7. The Hall–Kier alpha value is -2.94. The van der Waals surface area contributed by atoms with Gasteiger partial charge in [0.15, 0.2) is 5.82 Å². The number of halogens is 2. The molecule has 0 aliphatic rings. The molecule has 1 aromatic carbocycles. The first kappa shape index (κ1) is 18.4. The van der Waals surface area contributed by atoms with Crippen LogP contribution in [0.5, 0.6) is 5.88 Å². The second kappa shape index (κ2) is 7.31. The van der Waals surface area contributed by atoms with Crippen molar-refractivity contribution in [2.75, 3.05) is 7.05 Å². The van der Waals surface area contributed by atoms with Crippen LogP contribution in [0.3, 0.4) is 0 Å². The number of hydrogen-bond acceptors (Lipinski definition) is 3.